The van der Waals surface area contributed by atoms with Crippen LogP contribution in [-0.2, 0) is 4.79 Å². The van der Waals surface area contributed by atoms with Crippen LogP contribution < -0.4 is 21.5 Å². The quantitative estimate of drug-likeness (QED) is 0.679. The van der Waals surface area contributed by atoms with E-state index in [1.54, 1.807) is 19.1 Å². The SMILES string of the molecule is CCOc1ccccc1NC(=O)[C@@H](C)Sc1nc(N)nc(N)n1. The van der Waals surface area contributed by atoms with Gasteiger partial charge in [-0.15, -0.1) is 0 Å². The van der Waals surface area contributed by atoms with Crippen molar-refractivity contribution in [3.05, 3.63) is 24.3 Å². The summed E-state index contributed by atoms with van der Waals surface area (Å²) in [4.78, 5) is 23.9. The van der Waals surface area contributed by atoms with Crippen LogP contribution in [0.3, 0.4) is 0 Å². The van der Waals surface area contributed by atoms with Gasteiger partial charge in [0.05, 0.1) is 17.5 Å². The van der Waals surface area contributed by atoms with Crippen molar-refractivity contribution in [2.24, 2.45) is 0 Å². The molecule has 1 aromatic carbocycles. The van der Waals surface area contributed by atoms with E-state index in [0.717, 1.165) is 11.8 Å². The summed E-state index contributed by atoms with van der Waals surface area (Å²) in [7, 11) is 0. The van der Waals surface area contributed by atoms with Crippen molar-refractivity contribution in [1.29, 1.82) is 0 Å². The summed E-state index contributed by atoms with van der Waals surface area (Å²) < 4.78 is 5.48. The second-order valence-electron chi connectivity index (χ2n) is 4.51. The van der Waals surface area contributed by atoms with E-state index in [2.05, 4.69) is 20.3 Å². The Labute approximate surface area is 138 Å². The summed E-state index contributed by atoms with van der Waals surface area (Å²) in [6.45, 7) is 4.13. The van der Waals surface area contributed by atoms with Crippen molar-refractivity contribution >= 4 is 35.3 Å². The van der Waals surface area contributed by atoms with Crippen molar-refractivity contribution < 1.29 is 9.53 Å². The molecule has 0 saturated heterocycles. The summed E-state index contributed by atoms with van der Waals surface area (Å²) in [5, 5.41) is 2.67. The van der Waals surface area contributed by atoms with Crippen molar-refractivity contribution in [1.82, 2.24) is 15.0 Å². The average molecular weight is 334 g/mol. The van der Waals surface area contributed by atoms with Crippen LogP contribution in [-0.4, -0.2) is 32.7 Å². The molecular formula is C14H18N6O2S. The molecule has 2 rings (SSSR count). The minimum atomic E-state index is -0.453. The molecule has 9 heteroatoms. The maximum absolute atomic E-state index is 12.3. The van der Waals surface area contributed by atoms with Crippen molar-refractivity contribution in [3.8, 4) is 5.75 Å². The number of benzene rings is 1. The summed E-state index contributed by atoms with van der Waals surface area (Å²) in [5.41, 5.74) is 11.6. The van der Waals surface area contributed by atoms with Crippen LogP contribution in [0, 0.1) is 0 Å². The molecule has 1 atom stereocenters. The number of nitrogens with two attached hydrogens (primary N) is 2. The topological polar surface area (TPSA) is 129 Å². The number of nitrogen functional groups attached to an aromatic ring is 2. The maximum Gasteiger partial charge on any atom is 0.237 e. The number of rotatable bonds is 6. The van der Waals surface area contributed by atoms with Crippen LogP contribution >= 0.6 is 11.8 Å². The van der Waals surface area contributed by atoms with Crippen molar-refractivity contribution in [2.75, 3.05) is 23.4 Å². The highest BCUT2D eigenvalue weighted by Gasteiger charge is 2.18. The third kappa shape index (κ3) is 4.71. The second-order valence-corrected chi connectivity index (χ2v) is 5.82. The van der Waals surface area contributed by atoms with E-state index in [1.807, 2.05) is 19.1 Å². The Bertz CT molecular complexity index is 676. The Morgan fingerprint density at radius 2 is 1.91 bits per heavy atom. The number of anilines is 3. The summed E-state index contributed by atoms with van der Waals surface area (Å²) in [5.74, 6) is 0.456. The molecule has 2 aromatic rings. The van der Waals surface area contributed by atoms with Gasteiger partial charge in [0, 0.05) is 0 Å². The zero-order chi connectivity index (χ0) is 16.8. The number of amides is 1. The van der Waals surface area contributed by atoms with E-state index in [0.29, 0.717) is 23.2 Å². The molecule has 1 heterocycles. The van der Waals surface area contributed by atoms with Gasteiger partial charge in [0.2, 0.25) is 17.8 Å². The molecule has 0 bridgehead atoms. The lowest BCUT2D eigenvalue weighted by molar-refractivity contribution is -0.115. The van der Waals surface area contributed by atoms with E-state index in [1.165, 1.54) is 0 Å². The molecule has 1 amide bonds. The first-order valence-corrected chi connectivity index (χ1v) is 7.84. The fourth-order valence-electron chi connectivity index (χ4n) is 1.74. The molecule has 0 aliphatic carbocycles. The van der Waals surface area contributed by atoms with Gasteiger partial charge in [0.1, 0.15) is 5.75 Å². The third-order valence-electron chi connectivity index (χ3n) is 2.75. The number of para-hydroxylation sites is 2. The lowest BCUT2D eigenvalue weighted by Crippen LogP contribution is -2.23. The van der Waals surface area contributed by atoms with Gasteiger partial charge in [-0.1, -0.05) is 23.9 Å². The van der Waals surface area contributed by atoms with Gasteiger partial charge in [-0.2, -0.15) is 15.0 Å². The molecule has 0 aliphatic heterocycles. The molecule has 0 fully saturated rings. The molecule has 8 nitrogen and oxygen atoms in total. The smallest absolute Gasteiger partial charge is 0.237 e. The predicted molar refractivity (Wildman–Crippen MR) is 90.2 cm³/mol. The van der Waals surface area contributed by atoms with Crippen LogP contribution in [0.2, 0.25) is 0 Å². The number of carbonyl (C=O) groups excluding carboxylic acids is 1. The minimum absolute atomic E-state index is 0.0225. The number of ether oxygens (including phenoxy) is 1. The van der Waals surface area contributed by atoms with E-state index in [4.69, 9.17) is 16.2 Å². The first-order chi connectivity index (χ1) is 11.0. The predicted octanol–water partition coefficient (Wildman–Crippen LogP) is 1.55. The van der Waals surface area contributed by atoms with E-state index in [-0.39, 0.29) is 17.8 Å². The number of thioether (sulfide) groups is 1. The molecule has 0 spiro atoms. The zero-order valence-electron chi connectivity index (χ0n) is 12.8. The molecule has 122 valence electrons. The number of hydrogen-bond donors (Lipinski definition) is 3. The second kappa shape index (κ2) is 7.63. The highest BCUT2D eigenvalue weighted by atomic mass is 32.2. The van der Waals surface area contributed by atoms with Crippen LogP contribution in [0.15, 0.2) is 29.4 Å². The van der Waals surface area contributed by atoms with Crippen molar-refractivity contribution in [2.45, 2.75) is 24.3 Å². The van der Waals surface area contributed by atoms with Gasteiger partial charge in [-0.25, -0.2) is 0 Å². The average Bonchev–Trinajstić information content (AvgIpc) is 2.48. The van der Waals surface area contributed by atoms with Crippen LogP contribution in [0.4, 0.5) is 17.6 Å². The van der Waals surface area contributed by atoms with E-state index >= 15 is 0 Å². The first-order valence-electron chi connectivity index (χ1n) is 6.96. The maximum atomic E-state index is 12.3. The van der Waals surface area contributed by atoms with Crippen LogP contribution in [0.5, 0.6) is 5.75 Å². The lowest BCUT2D eigenvalue weighted by atomic mass is 10.3. The molecule has 0 unspecified atom stereocenters. The molecule has 0 radical (unpaired) electrons. The molecule has 0 saturated carbocycles. The summed E-state index contributed by atoms with van der Waals surface area (Å²) >= 11 is 1.14. The molecular weight excluding hydrogens is 316 g/mol. The fourth-order valence-corrected chi connectivity index (χ4v) is 2.51. The van der Waals surface area contributed by atoms with Crippen LogP contribution in [0.25, 0.3) is 0 Å². The van der Waals surface area contributed by atoms with Gasteiger partial charge in [0.15, 0.2) is 5.16 Å². The largest absolute Gasteiger partial charge is 0.492 e. The third-order valence-corrected chi connectivity index (χ3v) is 3.71. The van der Waals surface area contributed by atoms with Crippen molar-refractivity contribution in [3.63, 3.8) is 0 Å². The Hall–Kier alpha value is -2.55. The van der Waals surface area contributed by atoms with Gasteiger partial charge in [-0.05, 0) is 26.0 Å². The molecule has 1 aromatic heterocycles. The van der Waals surface area contributed by atoms with E-state index < -0.39 is 5.25 Å². The zero-order valence-corrected chi connectivity index (χ0v) is 13.6. The number of nitrogens with one attached hydrogen (secondary N) is 1. The first kappa shape index (κ1) is 16.8. The van der Waals surface area contributed by atoms with E-state index in [9.17, 15) is 4.79 Å². The Kier molecular flexibility index (Phi) is 5.58. The number of hydrogen-bond acceptors (Lipinski definition) is 8. The minimum Gasteiger partial charge on any atom is -0.492 e. The normalized spacial score (nSPS) is 11.7. The number of aromatic nitrogens is 3. The van der Waals surface area contributed by atoms with Gasteiger partial charge >= 0.3 is 0 Å². The highest BCUT2D eigenvalue weighted by Crippen LogP contribution is 2.26. The molecule has 5 N–H and O–H groups in total. The fraction of sp³-hybridized carbons (Fsp3) is 0.286. The Morgan fingerprint density at radius 1 is 1.26 bits per heavy atom. The molecule has 0 aliphatic rings. The number of nitrogens with zero attached hydrogens (tertiary/aromatic N) is 3. The Morgan fingerprint density at radius 3 is 2.57 bits per heavy atom. The van der Waals surface area contributed by atoms with Gasteiger partial charge in [-0.3, -0.25) is 4.79 Å². The highest BCUT2D eigenvalue weighted by molar-refractivity contribution is 8.00. The monoisotopic (exact) mass is 334 g/mol. The van der Waals surface area contributed by atoms with Gasteiger partial charge in [0.25, 0.3) is 0 Å². The number of carbonyl (C=O) groups is 1. The standard InChI is InChI=1S/C14H18N6O2S/c1-3-22-10-7-5-4-6-9(10)17-11(21)8(2)23-14-19-12(15)18-13(16)20-14/h4-8H,3H2,1-2H3,(H,17,21)(H4,15,16,18,19,20)/t8-/m1/s1. The summed E-state index contributed by atoms with van der Waals surface area (Å²) in [6.07, 6.45) is 0. The molecule has 23 heavy (non-hydrogen) atoms. The summed E-state index contributed by atoms with van der Waals surface area (Å²) in [6, 6.07) is 7.24. The lowest BCUT2D eigenvalue weighted by Gasteiger charge is -2.14. The van der Waals surface area contributed by atoms with Crippen LogP contribution in [0.1, 0.15) is 13.8 Å². The van der Waals surface area contributed by atoms with Gasteiger partial charge < -0.3 is 21.5 Å². The Balaban J connectivity index is 2.05.